The highest BCUT2D eigenvalue weighted by atomic mass is 32.2. The number of carbonyl (C=O) groups excluding carboxylic acids is 1. The standard InChI is InChI=1S/C22H27N3O3S2/c1-16-15-29-21-8-7-19(13-20(21)24-22(16)26)30(27,28)23-10-4-11-25-12-9-17-5-2-3-6-18(17)14-25/h2-3,5-8,13,16,23H,4,9-12,14-15H2,1H3,(H,24,26)/t16-/m1/s1. The summed E-state index contributed by atoms with van der Waals surface area (Å²) >= 11 is 1.57. The van der Waals surface area contributed by atoms with Crippen LogP contribution in [0.1, 0.15) is 24.5 Å². The van der Waals surface area contributed by atoms with E-state index in [0.29, 0.717) is 18.0 Å². The molecule has 0 unspecified atom stereocenters. The second-order valence-corrected chi connectivity index (χ2v) is 10.7. The molecule has 30 heavy (non-hydrogen) atoms. The Morgan fingerprint density at radius 2 is 2.00 bits per heavy atom. The summed E-state index contributed by atoms with van der Waals surface area (Å²) in [5, 5.41) is 2.84. The quantitative estimate of drug-likeness (QED) is 0.668. The van der Waals surface area contributed by atoms with Crippen molar-refractivity contribution >= 4 is 33.4 Å². The monoisotopic (exact) mass is 445 g/mol. The topological polar surface area (TPSA) is 78.5 Å². The molecule has 2 N–H and O–H groups in total. The fourth-order valence-electron chi connectivity index (χ4n) is 3.78. The molecule has 2 aromatic carbocycles. The molecule has 4 rings (SSSR count). The van der Waals surface area contributed by atoms with Crippen molar-refractivity contribution in [2.45, 2.75) is 36.1 Å². The van der Waals surface area contributed by atoms with Gasteiger partial charge in [-0.2, -0.15) is 0 Å². The number of sulfonamides is 1. The van der Waals surface area contributed by atoms with E-state index >= 15 is 0 Å². The molecule has 2 aromatic rings. The van der Waals surface area contributed by atoms with Crippen LogP contribution in [0.4, 0.5) is 5.69 Å². The van der Waals surface area contributed by atoms with Gasteiger partial charge in [0.2, 0.25) is 15.9 Å². The van der Waals surface area contributed by atoms with Gasteiger partial charge in [-0.25, -0.2) is 13.1 Å². The number of nitrogens with one attached hydrogen (secondary N) is 2. The van der Waals surface area contributed by atoms with Crippen LogP contribution in [0.5, 0.6) is 0 Å². The molecule has 0 saturated heterocycles. The number of thioether (sulfide) groups is 1. The van der Waals surface area contributed by atoms with Crippen LogP contribution in [0.25, 0.3) is 0 Å². The summed E-state index contributed by atoms with van der Waals surface area (Å²) in [6, 6.07) is 13.4. The largest absolute Gasteiger partial charge is 0.325 e. The molecule has 2 aliphatic heterocycles. The number of nitrogens with zero attached hydrogens (tertiary/aromatic N) is 1. The van der Waals surface area contributed by atoms with Gasteiger partial charge in [0, 0.05) is 36.2 Å². The Balaban J connectivity index is 1.32. The first-order chi connectivity index (χ1) is 14.4. The van der Waals surface area contributed by atoms with Crippen LogP contribution in [-0.2, 0) is 27.8 Å². The first-order valence-corrected chi connectivity index (χ1v) is 12.8. The Kier molecular flexibility index (Phi) is 6.48. The molecular formula is C22H27N3O3S2. The summed E-state index contributed by atoms with van der Waals surface area (Å²) in [6.45, 7) is 5.03. The summed E-state index contributed by atoms with van der Waals surface area (Å²) in [4.78, 5) is 15.5. The van der Waals surface area contributed by atoms with Gasteiger partial charge in [-0.15, -0.1) is 11.8 Å². The van der Waals surface area contributed by atoms with Gasteiger partial charge in [-0.05, 0) is 48.7 Å². The summed E-state index contributed by atoms with van der Waals surface area (Å²) in [5.74, 6) is 0.499. The number of carbonyl (C=O) groups is 1. The van der Waals surface area contributed by atoms with Gasteiger partial charge >= 0.3 is 0 Å². The molecule has 0 saturated carbocycles. The number of fused-ring (bicyclic) bond motifs is 2. The molecule has 0 aromatic heterocycles. The molecule has 0 spiro atoms. The van der Waals surface area contributed by atoms with E-state index in [-0.39, 0.29) is 16.7 Å². The molecule has 0 radical (unpaired) electrons. The van der Waals surface area contributed by atoms with E-state index in [0.717, 1.165) is 37.4 Å². The zero-order chi connectivity index (χ0) is 21.1. The minimum absolute atomic E-state index is 0.0770. The Labute approximate surface area is 182 Å². The summed E-state index contributed by atoms with van der Waals surface area (Å²) in [5.41, 5.74) is 3.35. The highest BCUT2D eigenvalue weighted by Gasteiger charge is 2.23. The number of anilines is 1. The SMILES string of the molecule is C[C@@H]1CSc2ccc(S(=O)(=O)NCCCN3CCc4ccccc4C3)cc2NC1=O. The first-order valence-electron chi connectivity index (χ1n) is 10.3. The van der Waals surface area contributed by atoms with E-state index < -0.39 is 10.0 Å². The van der Waals surface area contributed by atoms with Crippen molar-refractivity contribution in [2.75, 3.05) is 30.7 Å². The van der Waals surface area contributed by atoms with Crippen LogP contribution in [-0.4, -0.2) is 44.6 Å². The zero-order valence-electron chi connectivity index (χ0n) is 17.1. The Morgan fingerprint density at radius 3 is 2.83 bits per heavy atom. The number of amides is 1. The maximum absolute atomic E-state index is 12.7. The normalized spacial score (nSPS) is 19.5. The zero-order valence-corrected chi connectivity index (χ0v) is 18.7. The van der Waals surface area contributed by atoms with E-state index in [1.54, 1.807) is 30.0 Å². The minimum atomic E-state index is -3.62. The van der Waals surface area contributed by atoms with Crippen molar-refractivity contribution in [1.82, 2.24) is 9.62 Å². The van der Waals surface area contributed by atoms with Crippen LogP contribution >= 0.6 is 11.8 Å². The first kappa shape index (κ1) is 21.4. The van der Waals surface area contributed by atoms with Crippen LogP contribution in [0.3, 0.4) is 0 Å². The van der Waals surface area contributed by atoms with Crippen LogP contribution in [0, 0.1) is 5.92 Å². The molecule has 1 atom stereocenters. The third-order valence-electron chi connectivity index (χ3n) is 5.61. The second kappa shape index (κ2) is 9.09. The van der Waals surface area contributed by atoms with Crippen LogP contribution < -0.4 is 10.0 Å². The fourth-order valence-corrected chi connectivity index (χ4v) is 5.89. The molecule has 0 aliphatic carbocycles. The van der Waals surface area contributed by atoms with Crippen molar-refractivity contribution in [1.29, 1.82) is 0 Å². The molecule has 2 heterocycles. The van der Waals surface area contributed by atoms with Gasteiger partial charge < -0.3 is 5.32 Å². The van der Waals surface area contributed by atoms with Crippen molar-refractivity contribution < 1.29 is 13.2 Å². The maximum atomic E-state index is 12.7. The summed E-state index contributed by atoms with van der Waals surface area (Å²) in [7, 11) is -3.62. The molecule has 6 nitrogen and oxygen atoms in total. The van der Waals surface area contributed by atoms with Gasteiger partial charge in [0.1, 0.15) is 0 Å². The van der Waals surface area contributed by atoms with Gasteiger partial charge in [0.05, 0.1) is 10.6 Å². The summed E-state index contributed by atoms with van der Waals surface area (Å²) in [6.07, 6.45) is 1.79. The molecular weight excluding hydrogens is 418 g/mol. The van der Waals surface area contributed by atoms with Gasteiger partial charge in [0.15, 0.2) is 0 Å². The molecule has 2 aliphatic rings. The van der Waals surface area contributed by atoms with Crippen LogP contribution in [0.15, 0.2) is 52.3 Å². The highest BCUT2D eigenvalue weighted by molar-refractivity contribution is 7.99. The molecule has 0 fully saturated rings. The van der Waals surface area contributed by atoms with E-state index in [1.807, 2.05) is 6.92 Å². The van der Waals surface area contributed by atoms with Gasteiger partial charge in [-0.1, -0.05) is 31.2 Å². The smallest absolute Gasteiger partial charge is 0.240 e. The number of benzene rings is 2. The average molecular weight is 446 g/mol. The number of hydrogen-bond acceptors (Lipinski definition) is 5. The number of hydrogen-bond donors (Lipinski definition) is 2. The number of rotatable bonds is 6. The Bertz CT molecular complexity index is 1040. The molecule has 8 heteroatoms. The third kappa shape index (κ3) is 4.88. The molecule has 160 valence electrons. The molecule has 0 bridgehead atoms. The highest BCUT2D eigenvalue weighted by Crippen LogP contribution is 2.34. The van der Waals surface area contributed by atoms with Crippen molar-refractivity contribution in [2.24, 2.45) is 5.92 Å². The lowest BCUT2D eigenvalue weighted by Gasteiger charge is -2.28. The van der Waals surface area contributed by atoms with E-state index in [4.69, 9.17) is 0 Å². The maximum Gasteiger partial charge on any atom is 0.240 e. The van der Waals surface area contributed by atoms with Crippen molar-refractivity contribution in [3.8, 4) is 0 Å². The predicted molar refractivity (Wildman–Crippen MR) is 120 cm³/mol. The Hall–Kier alpha value is -1.87. The van der Waals surface area contributed by atoms with Gasteiger partial charge in [0.25, 0.3) is 0 Å². The average Bonchev–Trinajstić information content (AvgIpc) is 2.89. The fraction of sp³-hybridized carbons (Fsp3) is 0.409. The lowest BCUT2D eigenvalue weighted by molar-refractivity contribution is -0.118. The van der Waals surface area contributed by atoms with Crippen molar-refractivity contribution in [3.05, 3.63) is 53.6 Å². The summed E-state index contributed by atoms with van der Waals surface area (Å²) < 4.78 is 28.1. The van der Waals surface area contributed by atoms with Crippen molar-refractivity contribution in [3.63, 3.8) is 0 Å². The lowest BCUT2D eigenvalue weighted by atomic mass is 10.00. The predicted octanol–water partition coefficient (Wildman–Crippen LogP) is 3.09. The lowest BCUT2D eigenvalue weighted by Crippen LogP contribution is -2.33. The van der Waals surface area contributed by atoms with E-state index in [1.165, 1.54) is 11.1 Å². The van der Waals surface area contributed by atoms with E-state index in [9.17, 15) is 13.2 Å². The molecule has 1 amide bonds. The van der Waals surface area contributed by atoms with Crippen LogP contribution in [0.2, 0.25) is 0 Å². The van der Waals surface area contributed by atoms with E-state index in [2.05, 4.69) is 39.2 Å². The second-order valence-electron chi connectivity index (χ2n) is 7.91. The Morgan fingerprint density at radius 1 is 1.20 bits per heavy atom. The third-order valence-corrected chi connectivity index (χ3v) is 8.40. The minimum Gasteiger partial charge on any atom is -0.325 e. The van der Waals surface area contributed by atoms with Gasteiger partial charge in [-0.3, -0.25) is 9.69 Å².